The molecule has 0 aromatic carbocycles. The minimum absolute atomic E-state index is 0.00965. The lowest BCUT2D eigenvalue weighted by molar-refractivity contribution is -0.129. The fourth-order valence-electron chi connectivity index (χ4n) is 1.71. The highest BCUT2D eigenvalue weighted by atomic mass is 79.9. The van der Waals surface area contributed by atoms with E-state index in [1.807, 2.05) is 11.0 Å². The van der Waals surface area contributed by atoms with Gasteiger partial charge in [0, 0.05) is 22.4 Å². The summed E-state index contributed by atoms with van der Waals surface area (Å²) in [5.74, 6) is -0.00965. The van der Waals surface area contributed by atoms with Gasteiger partial charge in [0.15, 0.2) is 0 Å². The minimum atomic E-state index is -0.605. The van der Waals surface area contributed by atoms with Gasteiger partial charge in [0.25, 0.3) is 0 Å². The van der Waals surface area contributed by atoms with Crippen molar-refractivity contribution >= 4 is 56.4 Å². The number of amides is 1. The summed E-state index contributed by atoms with van der Waals surface area (Å²) in [5.41, 5.74) is 0. The summed E-state index contributed by atoms with van der Waals surface area (Å²) >= 11 is 16.7. The van der Waals surface area contributed by atoms with E-state index in [1.54, 1.807) is 0 Å². The van der Waals surface area contributed by atoms with Crippen LogP contribution in [0.5, 0.6) is 0 Å². The number of hydrogen-bond acceptors (Lipinski definition) is 2. The van der Waals surface area contributed by atoms with E-state index in [9.17, 15) is 4.79 Å². The first-order chi connectivity index (χ1) is 7.59. The molecule has 1 aliphatic rings. The normalized spacial score (nSPS) is 17.8. The van der Waals surface area contributed by atoms with Crippen LogP contribution in [0.2, 0.25) is 4.34 Å². The summed E-state index contributed by atoms with van der Waals surface area (Å²) in [7, 11) is 0. The second-order valence-corrected chi connectivity index (χ2v) is 6.64. The molecule has 1 atom stereocenters. The maximum absolute atomic E-state index is 12.0. The zero-order chi connectivity index (χ0) is 11.7. The van der Waals surface area contributed by atoms with Gasteiger partial charge in [-0.05, 0) is 34.8 Å². The van der Waals surface area contributed by atoms with Crippen LogP contribution in [0.25, 0.3) is 0 Å². The Bertz CT molecular complexity index is 384. The van der Waals surface area contributed by atoms with E-state index in [-0.39, 0.29) is 5.91 Å². The van der Waals surface area contributed by atoms with Crippen LogP contribution in [-0.4, -0.2) is 23.9 Å². The van der Waals surface area contributed by atoms with Crippen molar-refractivity contribution in [2.75, 3.05) is 13.1 Å². The number of halogens is 3. The van der Waals surface area contributed by atoms with Gasteiger partial charge in [-0.1, -0.05) is 11.6 Å². The van der Waals surface area contributed by atoms with E-state index in [2.05, 4.69) is 15.9 Å². The summed E-state index contributed by atoms with van der Waals surface area (Å²) in [4.78, 5) is 14.6. The molecule has 88 valence electrons. The molecule has 1 saturated heterocycles. The number of nitrogens with zero attached hydrogens (tertiary/aromatic N) is 1. The average molecular weight is 343 g/mol. The molecule has 2 heterocycles. The maximum Gasteiger partial charge on any atom is 0.246 e. The second-order valence-electron chi connectivity index (χ2n) is 3.67. The topological polar surface area (TPSA) is 20.3 Å². The van der Waals surface area contributed by atoms with Crippen molar-refractivity contribution < 1.29 is 4.79 Å². The van der Waals surface area contributed by atoms with Crippen molar-refractivity contribution in [2.45, 2.75) is 18.2 Å². The van der Waals surface area contributed by atoms with Crippen LogP contribution in [-0.2, 0) is 4.79 Å². The van der Waals surface area contributed by atoms with Crippen molar-refractivity contribution in [2.24, 2.45) is 0 Å². The van der Waals surface area contributed by atoms with E-state index in [1.165, 1.54) is 11.3 Å². The standard InChI is InChI=1S/C10H10BrCl2NOS/c11-6-5-7(16-9(6)13)8(12)10(15)14-3-1-2-4-14/h5,8H,1-4H2. The SMILES string of the molecule is O=C(C(Cl)c1cc(Br)c(Cl)s1)N1CCCC1. The van der Waals surface area contributed by atoms with Gasteiger partial charge in [-0.3, -0.25) is 4.79 Å². The monoisotopic (exact) mass is 341 g/mol. The molecule has 0 bridgehead atoms. The lowest BCUT2D eigenvalue weighted by Crippen LogP contribution is -2.30. The Morgan fingerprint density at radius 1 is 1.50 bits per heavy atom. The molecular weight excluding hydrogens is 333 g/mol. The molecule has 1 fully saturated rings. The Kier molecular flexibility index (Phi) is 4.16. The fourth-order valence-corrected chi connectivity index (χ4v) is 3.75. The van der Waals surface area contributed by atoms with E-state index in [0.29, 0.717) is 4.34 Å². The first kappa shape index (κ1) is 12.7. The zero-order valence-electron chi connectivity index (χ0n) is 8.38. The predicted molar refractivity (Wildman–Crippen MR) is 71.4 cm³/mol. The summed E-state index contributed by atoms with van der Waals surface area (Å²) < 4.78 is 1.43. The molecule has 0 aliphatic carbocycles. The number of carbonyl (C=O) groups is 1. The van der Waals surface area contributed by atoms with Crippen LogP contribution in [0, 0.1) is 0 Å². The fraction of sp³-hybridized carbons (Fsp3) is 0.500. The van der Waals surface area contributed by atoms with Crippen LogP contribution >= 0.6 is 50.5 Å². The number of thiophene rings is 1. The van der Waals surface area contributed by atoms with Crippen LogP contribution < -0.4 is 0 Å². The highest BCUT2D eigenvalue weighted by Gasteiger charge is 2.27. The lowest BCUT2D eigenvalue weighted by Gasteiger charge is -2.17. The van der Waals surface area contributed by atoms with Crippen LogP contribution in [0.4, 0.5) is 0 Å². The molecular formula is C10H10BrCl2NOS. The highest BCUT2D eigenvalue weighted by Crippen LogP contribution is 2.38. The van der Waals surface area contributed by atoms with Crippen molar-refractivity contribution in [3.8, 4) is 0 Å². The molecule has 2 nitrogen and oxygen atoms in total. The predicted octanol–water partition coefficient (Wildman–Crippen LogP) is 4.07. The Morgan fingerprint density at radius 2 is 2.12 bits per heavy atom. The van der Waals surface area contributed by atoms with Gasteiger partial charge >= 0.3 is 0 Å². The molecule has 0 spiro atoms. The number of hydrogen-bond donors (Lipinski definition) is 0. The van der Waals surface area contributed by atoms with Crippen molar-refractivity contribution in [3.05, 3.63) is 19.8 Å². The number of likely N-dealkylation sites (tertiary alicyclic amines) is 1. The largest absolute Gasteiger partial charge is 0.341 e. The van der Waals surface area contributed by atoms with Crippen LogP contribution in [0.3, 0.4) is 0 Å². The second kappa shape index (κ2) is 5.25. The van der Waals surface area contributed by atoms with E-state index < -0.39 is 5.38 Å². The molecule has 1 aliphatic heterocycles. The summed E-state index contributed by atoms with van der Waals surface area (Å²) in [6, 6.07) is 1.82. The summed E-state index contributed by atoms with van der Waals surface area (Å²) in [6.45, 7) is 1.64. The molecule has 1 aromatic rings. The number of rotatable bonds is 2. The molecule has 0 N–H and O–H groups in total. The third kappa shape index (κ3) is 2.55. The Labute approximate surface area is 117 Å². The Morgan fingerprint density at radius 3 is 2.62 bits per heavy atom. The van der Waals surface area contributed by atoms with Gasteiger partial charge in [-0.15, -0.1) is 22.9 Å². The van der Waals surface area contributed by atoms with Crippen molar-refractivity contribution in [1.29, 1.82) is 0 Å². The van der Waals surface area contributed by atoms with Gasteiger partial charge in [0.1, 0.15) is 9.71 Å². The average Bonchev–Trinajstić information content (AvgIpc) is 2.87. The van der Waals surface area contributed by atoms with Gasteiger partial charge in [-0.2, -0.15) is 0 Å². The zero-order valence-corrected chi connectivity index (χ0v) is 12.3. The van der Waals surface area contributed by atoms with Crippen molar-refractivity contribution in [3.63, 3.8) is 0 Å². The third-order valence-electron chi connectivity index (χ3n) is 2.55. The molecule has 0 saturated carbocycles. The van der Waals surface area contributed by atoms with Gasteiger partial charge < -0.3 is 4.90 Å². The molecule has 1 unspecified atom stereocenters. The molecule has 2 rings (SSSR count). The molecule has 16 heavy (non-hydrogen) atoms. The van der Waals surface area contributed by atoms with Gasteiger partial charge in [0.2, 0.25) is 5.91 Å². The number of alkyl halides is 1. The van der Waals surface area contributed by atoms with Crippen LogP contribution in [0.1, 0.15) is 23.1 Å². The van der Waals surface area contributed by atoms with E-state index in [4.69, 9.17) is 23.2 Å². The quantitative estimate of drug-likeness (QED) is 0.742. The Hall–Kier alpha value is 0.230. The summed E-state index contributed by atoms with van der Waals surface area (Å²) in [6.07, 6.45) is 2.15. The summed E-state index contributed by atoms with van der Waals surface area (Å²) in [5, 5.41) is -0.605. The molecule has 0 radical (unpaired) electrons. The van der Waals surface area contributed by atoms with Gasteiger partial charge in [0.05, 0.1) is 0 Å². The molecule has 6 heteroatoms. The van der Waals surface area contributed by atoms with E-state index in [0.717, 1.165) is 35.3 Å². The van der Waals surface area contributed by atoms with Crippen LogP contribution in [0.15, 0.2) is 10.5 Å². The Balaban J connectivity index is 2.11. The number of carbonyl (C=O) groups excluding carboxylic acids is 1. The maximum atomic E-state index is 12.0. The third-order valence-corrected chi connectivity index (χ3v) is 5.64. The first-order valence-corrected chi connectivity index (χ1v) is 7.39. The van der Waals surface area contributed by atoms with Crippen molar-refractivity contribution in [1.82, 2.24) is 4.90 Å². The van der Waals surface area contributed by atoms with E-state index >= 15 is 0 Å². The first-order valence-electron chi connectivity index (χ1n) is 4.97. The smallest absolute Gasteiger partial charge is 0.246 e. The molecule has 1 amide bonds. The van der Waals surface area contributed by atoms with Gasteiger partial charge in [-0.25, -0.2) is 0 Å². The highest BCUT2D eigenvalue weighted by molar-refractivity contribution is 9.10. The lowest BCUT2D eigenvalue weighted by atomic mass is 10.3. The minimum Gasteiger partial charge on any atom is -0.341 e. The molecule has 1 aromatic heterocycles.